The Morgan fingerprint density at radius 2 is 1.70 bits per heavy atom. The van der Waals surface area contributed by atoms with Gasteiger partial charge in [0.05, 0.1) is 28.4 Å². The van der Waals surface area contributed by atoms with Crippen molar-refractivity contribution in [2.45, 2.75) is 59.0 Å². The Hall–Kier alpha value is -5.65. The number of piperidine rings is 2. The van der Waals surface area contributed by atoms with E-state index >= 15 is 0 Å². The molecule has 1 unspecified atom stereocenters. The largest absolute Gasteiger partial charge is 0.379 e. The summed E-state index contributed by atoms with van der Waals surface area (Å²) in [5.74, 6) is 0.267. The molecule has 3 N–H and O–H groups in total. The Morgan fingerprint density at radius 3 is 2.44 bits per heavy atom. The molecule has 6 heterocycles. The molecule has 0 bridgehead atoms. The first-order chi connectivity index (χ1) is 29.4. The van der Waals surface area contributed by atoms with E-state index in [9.17, 15) is 24.0 Å². The number of rotatable bonds is 13. The van der Waals surface area contributed by atoms with Crippen LogP contribution in [0.1, 0.15) is 69.6 Å². The highest BCUT2D eigenvalue weighted by atomic mass is 35.5. The molecule has 0 aliphatic carbocycles. The normalized spacial score (nSPS) is 18.7. The number of carbonyl (C=O) groups excluding carboxylic acids is 5. The lowest BCUT2D eigenvalue weighted by Gasteiger charge is -2.38. The molecule has 0 radical (unpaired) electrons. The van der Waals surface area contributed by atoms with Crippen LogP contribution in [0, 0.1) is 19.8 Å². The van der Waals surface area contributed by atoms with Crippen molar-refractivity contribution in [2.75, 3.05) is 79.3 Å². The number of fused-ring (bicyclic) bond motifs is 1. The predicted octanol–water partition coefficient (Wildman–Crippen LogP) is 4.85. The van der Waals surface area contributed by atoms with Gasteiger partial charge in [-0.15, -0.1) is 0 Å². The third-order valence-electron chi connectivity index (χ3n) is 12.0. The van der Waals surface area contributed by atoms with Crippen LogP contribution < -0.4 is 25.8 Å². The number of hydrogen-bond acceptors (Lipinski definition) is 14. The Labute approximate surface area is 363 Å². The van der Waals surface area contributed by atoms with Gasteiger partial charge in [-0.3, -0.25) is 39.1 Å². The van der Waals surface area contributed by atoms with Crippen LogP contribution in [0.3, 0.4) is 0 Å². The second-order valence-electron chi connectivity index (χ2n) is 15.9. The molecule has 16 nitrogen and oxygen atoms in total. The van der Waals surface area contributed by atoms with Gasteiger partial charge in [-0.1, -0.05) is 35.1 Å². The van der Waals surface area contributed by atoms with Crippen molar-refractivity contribution in [3.63, 3.8) is 0 Å². The first kappa shape index (κ1) is 42.1. The van der Waals surface area contributed by atoms with Gasteiger partial charge in [-0.05, 0) is 69.9 Å². The van der Waals surface area contributed by atoms with E-state index in [2.05, 4.69) is 40.6 Å². The number of nitrogens with one attached hydrogen (secondary N) is 3. The molecule has 3 saturated heterocycles. The molecule has 0 spiro atoms. The number of carbonyl (C=O) groups is 5. The molecule has 320 valence electrons. The van der Waals surface area contributed by atoms with Crippen molar-refractivity contribution in [3.8, 4) is 0 Å². The molecule has 4 aromatic rings. The predicted molar refractivity (Wildman–Crippen MR) is 235 cm³/mol. The van der Waals surface area contributed by atoms with Gasteiger partial charge >= 0.3 is 0 Å². The topological polar surface area (TPSA) is 176 Å². The quantitative estimate of drug-likeness (QED) is 0.156. The number of nitrogens with zero attached hydrogens (tertiary/aromatic N) is 8. The van der Waals surface area contributed by atoms with E-state index in [1.807, 2.05) is 62.2 Å². The fourth-order valence-electron chi connectivity index (χ4n) is 8.55. The summed E-state index contributed by atoms with van der Waals surface area (Å²) < 4.78 is 0. The Kier molecular flexibility index (Phi) is 12.5. The van der Waals surface area contributed by atoms with Crippen LogP contribution in [0.4, 0.5) is 28.1 Å². The van der Waals surface area contributed by atoms with Gasteiger partial charge in [0.25, 0.3) is 11.8 Å². The molecule has 4 aliphatic heterocycles. The molecule has 61 heavy (non-hydrogen) atoms. The highest BCUT2D eigenvalue weighted by Crippen LogP contribution is 2.32. The summed E-state index contributed by atoms with van der Waals surface area (Å²) in [4.78, 5) is 89.1. The van der Waals surface area contributed by atoms with Crippen LogP contribution in [-0.4, -0.2) is 124 Å². The number of halogens is 1. The number of aromatic nitrogens is 3. The van der Waals surface area contributed by atoms with Gasteiger partial charge in [0, 0.05) is 94.1 Å². The van der Waals surface area contributed by atoms with Crippen LogP contribution in [0.15, 0.2) is 48.7 Å². The maximum absolute atomic E-state index is 13.8. The Morgan fingerprint density at radius 1 is 0.934 bits per heavy atom. The van der Waals surface area contributed by atoms with Crippen LogP contribution in [0.25, 0.3) is 0 Å². The van der Waals surface area contributed by atoms with E-state index in [4.69, 9.17) is 16.6 Å². The van der Waals surface area contributed by atoms with Gasteiger partial charge in [0.15, 0.2) is 5.13 Å². The third-order valence-corrected chi connectivity index (χ3v) is 13.2. The number of para-hydroxylation sites is 1. The number of piperazine rings is 1. The van der Waals surface area contributed by atoms with E-state index < -0.39 is 29.7 Å². The minimum atomic E-state index is -0.991. The van der Waals surface area contributed by atoms with Crippen LogP contribution >= 0.6 is 22.9 Å². The maximum atomic E-state index is 13.8. The molecule has 0 saturated carbocycles. The zero-order valence-electron chi connectivity index (χ0n) is 34.6. The van der Waals surface area contributed by atoms with Crippen molar-refractivity contribution in [3.05, 3.63) is 81.1 Å². The lowest BCUT2D eigenvalue weighted by molar-refractivity contribution is -0.137. The summed E-state index contributed by atoms with van der Waals surface area (Å²) in [6, 6.07) is 12.0. The van der Waals surface area contributed by atoms with E-state index in [1.54, 1.807) is 23.5 Å². The molecule has 1 atom stereocenters. The van der Waals surface area contributed by atoms with Gasteiger partial charge in [0.1, 0.15) is 23.5 Å². The van der Waals surface area contributed by atoms with E-state index in [0.717, 1.165) is 96.3 Å². The van der Waals surface area contributed by atoms with Crippen LogP contribution in [0.2, 0.25) is 5.02 Å². The fraction of sp³-hybridized carbons (Fsp3) is 0.442. The summed E-state index contributed by atoms with van der Waals surface area (Å²) in [6.07, 6.45) is 3.53. The molecule has 2 aromatic heterocycles. The minimum absolute atomic E-state index is 0.0502. The summed E-state index contributed by atoms with van der Waals surface area (Å²) in [5.41, 5.74) is 3.40. The molecule has 8 rings (SSSR count). The molecule has 4 aliphatic rings. The highest BCUT2D eigenvalue weighted by Gasteiger charge is 2.45. The molecule has 3 fully saturated rings. The number of likely N-dealkylation sites (N-methyl/N-ethyl adjacent to an activating group) is 1. The number of amides is 5. The van der Waals surface area contributed by atoms with Crippen molar-refractivity contribution in [2.24, 2.45) is 5.92 Å². The first-order valence-corrected chi connectivity index (χ1v) is 22.1. The van der Waals surface area contributed by atoms with Crippen LogP contribution in [0.5, 0.6) is 0 Å². The first-order valence-electron chi connectivity index (χ1n) is 20.9. The van der Waals surface area contributed by atoms with Crippen LogP contribution in [-0.2, 0) is 20.9 Å². The van der Waals surface area contributed by atoms with Crippen molar-refractivity contribution in [1.29, 1.82) is 0 Å². The Balaban J connectivity index is 0.791. The maximum Gasteiger partial charge on any atom is 0.262 e. The SMILES string of the molecule is CCN(CCN1CCN(c2ccc3c(c2)C(=O)N(C2CCC(=O)NC2=O)C3=O)CC1)C(=O)C1CCN(c2cc(Nc3ncc(CNc4c(C)cccc4Cl)s3)nc(C)n2)CC1. The van der Waals surface area contributed by atoms with E-state index in [1.165, 1.54) is 0 Å². The summed E-state index contributed by atoms with van der Waals surface area (Å²) in [6.45, 7) is 13.1. The number of thiazole rings is 1. The second kappa shape index (κ2) is 18.1. The standard InChI is InChI=1S/C43H50ClN11O5S/c1-4-52(19-16-51-17-20-53(21-18-51)29-8-9-31-32(22-29)42(60)55(41(31)59)34-10-11-37(56)50-39(34)57)40(58)28-12-14-54(15-13-28)36-23-35(47-27(3)48-36)49-43-46-25-30(61-43)24-45-38-26(2)6-5-7-33(38)44/h5-9,22-23,25,28,34,45H,4,10-21,24H2,1-3H3,(H,50,56,57)(H,46,47,48,49). The number of hydrogen-bond donors (Lipinski definition) is 3. The molecular weight excluding hydrogens is 818 g/mol. The third kappa shape index (κ3) is 9.18. The van der Waals surface area contributed by atoms with Gasteiger partial charge in [-0.2, -0.15) is 0 Å². The number of aryl methyl sites for hydroxylation is 2. The van der Waals surface area contributed by atoms with Crippen molar-refractivity contribution >= 4 is 80.6 Å². The minimum Gasteiger partial charge on any atom is -0.379 e. The molecule has 2 aromatic carbocycles. The summed E-state index contributed by atoms with van der Waals surface area (Å²) in [5, 5.41) is 10.4. The van der Waals surface area contributed by atoms with Crippen molar-refractivity contribution < 1.29 is 24.0 Å². The number of anilines is 5. The van der Waals surface area contributed by atoms with Gasteiger partial charge in [-0.25, -0.2) is 15.0 Å². The van der Waals surface area contributed by atoms with Gasteiger partial charge < -0.3 is 25.3 Å². The van der Waals surface area contributed by atoms with E-state index in [-0.39, 0.29) is 35.8 Å². The lowest BCUT2D eigenvalue weighted by Crippen LogP contribution is -2.54. The average Bonchev–Trinajstić information content (AvgIpc) is 3.80. The van der Waals surface area contributed by atoms with Gasteiger partial charge in [0.2, 0.25) is 17.7 Å². The number of benzene rings is 2. The second-order valence-corrected chi connectivity index (χ2v) is 17.4. The van der Waals surface area contributed by atoms with Crippen molar-refractivity contribution in [1.82, 2.24) is 35.0 Å². The van der Waals surface area contributed by atoms with E-state index in [0.29, 0.717) is 36.3 Å². The monoisotopic (exact) mass is 867 g/mol. The molecule has 18 heteroatoms. The zero-order valence-corrected chi connectivity index (χ0v) is 36.2. The average molecular weight is 868 g/mol. The fourth-order valence-corrected chi connectivity index (χ4v) is 9.60. The lowest BCUT2D eigenvalue weighted by atomic mass is 9.95. The molecule has 5 amide bonds. The Bertz CT molecular complexity index is 2320. The molecular formula is C43H50ClN11O5S. The highest BCUT2D eigenvalue weighted by molar-refractivity contribution is 7.15. The summed E-state index contributed by atoms with van der Waals surface area (Å²) >= 11 is 7.94. The smallest absolute Gasteiger partial charge is 0.262 e. The summed E-state index contributed by atoms with van der Waals surface area (Å²) in [7, 11) is 0. The zero-order chi connectivity index (χ0) is 42.8. The number of imide groups is 2.